The topological polar surface area (TPSA) is 56.7 Å². The second kappa shape index (κ2) is 7.86. The number of carbonyl (C=O) groups excluding carboxylic acids is 1. The molecule has 3 aromatic rings. The number of piperazine rings is 1. The van der Waals surface area contributed by atoms with Gasteiger partial charge < -0.3 is 10.0 Å². The van der Waals surface area contributed by atoms with Gasteiger partial charge in [-0.25, -0.2) is 0 Å². The molecule has 1 amide bonds. The number of amides is 1. The van der Waals surface area contributed by atoms with Crippen LogP contribution in [0.1, 0.15) is 21.6 Å². The van der Waals surface area contributed by atoms with E-state index < -0.39 is 0 Å². The third-order valence-electron chi connectivity index (χ3n) is 5.22. The van der Waals surface area contributed by atoms with Crippen molar-refractivity contribution in [3.05, 3.63) is 77.6 Å². The Morgan fingerprint density at radius 2 is 1.63 bits per heavy atom. The predicted molar refractivity (Wildman–Crippen MR) is 105 cm³/mol. The fourth-order valence-corrected chi connectivity index (χ4v) is 3.66. The molecule has 1 aromatic heterocycles. The van der Waals surface area contributed by atoms with Gasteiger partial charge in [-0.1, -0.05) is 48.5 Å². The highest BCUT2D eigenvalue weighted by Gasteiger charge is 2.24. The van der Waals surface area contributed by atoms with Gasteiger partial charge in [0.05, 0.1) is 6.61 Å². The van der Waals surface area contributed by atoms with Crippen molar-refractivity contribution in [3.8, 4) is 0 Å². The predicted octanol–water partition coefficient (Wildman–Crippen LogP) is 2.69. The summed E-state index contributed by atoms with van der Waals surface area (Å²) in [4.78, 5) is 21.6. The molecule has 27 heavy (non-hydrogen) atoms. The Balaban J connectivity index is 1.44. The summed E-state index contributed by atoms with van der Waals surface area (Å²) < 4.78 is 0. The first-order chi connectivity index (χ1) is 13.3. The lowest BCUT2D eigenvalue weighted by atomic mass is 10.1. The Morgan fingerprint density at radius 1 is 0.926 bits per heavy atom. The zero-order valence-corrected chi connectivity index (χ0v) is 15.2. The highest BCUT2D eigenvalue weighted by Crippen LogP contribution is 2.19. The molecule has 1 saturated heterocycles. The van der Waals surface area contributed by atoms with Crippen LogP contribution in [-0.2, 0) is 13.2 Å². The fourth-order valence-electron chi connectivity index (χ4n) is 3.66. The summed E-state index contributed by atoms with van der Waals surface area (Å²) in [6, 6.07) is 17.8. The smallest absolute Gasteiger partial charge is 0.273 e. The average Bonchev–Trinajstić information content (AvgIpc) is 2.74. The summed E-state index contributed by atoms with van der Waals surface area (Å²) in [5.74, 6) is 0.00204. The van der Waals surface area contributed by atoms with Gasteiger partial charge in [0.25, 0.3) is 5.91 Å². The number of benzene rings is 2. The van der Waals surface area contributed by atoms with Crippen molar-refractivity contribution in [2.24, 2.45) is 0 Å². The van der Waals surface area contributed by atoms with Crippen LogP contribution in [0.25, 0.3) is 10.8 Å². The monoisotopic (exact) mass is 361 g/mol. The number of pyridine rings is 1. The molecule has 1 N–H and O–H groups in total. The van der Waals surface area contributed by atoms with E-state index in [1.807, 2.05) is 53.4 Å². The number of fused-ring (bicyclic) bond motifs is 1. The van der Waals surface area contributed by atoms with Gasteiger partial charge in [-0.15, -0.1) is 0 Å². The van der Waals surface area contributed by atoms with Gasteiger partial charge >= 0.3 is 0 Å². The van der Waals surface area contributed by atoms with E-state index in [-0.39, 0.29) is 12.5 Å². The molecule has 2 aromatic carbocycles. The van der Waals surface area contributed by atoms with E-state index in [1.54, 1.807) is 6.20 Å². The van der Waals surface area contributed by atoms with Gasteiger partial charge in [0, 0.05) is 44.3 Å². The van der Waals surface area contributed by atoms with Crippen molar-refractivity contribution in [3.63, 3.8) is 0 Å². The van der Waals surface area contributed by atoms with E-state index in [9.17, 15) is 9.90 Å². The van der Waals surface area contributed by atoms with Crippen molar-refractivity contribution in [2.45, 2.75) is 13.2 Å². The minimum absolute atomic E-state index is 0.00204. The second-order valence-electron chi connectivity index (χ2n) is 6.88. The van der Waals surface area contributed by atoms with Crippen molar-refractivity contribution < 1.29 is 9.90 Å². The van der Waals surface area contributed by atoms with E-state index in [0.29, 0.717) is 18.8 Å². The second-order valence-corrected chi connectivity index (χ2v) is 6.88. The molecule has 2 heterocycles. The van der Waals surface area contributed by atoms with Gasteiger partial charge in [-0.2, -0.15) is 0 Å². The zero-order chi connectivity index (χ0) is 18.6. The van der Waals surface area contributed by atoms with Crippen LogP contribution in [0, 0.1) is 0 Å². The third-order valence-corrected chi connectivity index (χ3v) is 5.22. The maximum Gasteiger partial charge on any atom is 0.273 e. The molecule has 5 nitrogen and oxygen atoms in total. The molecule has 5 heteroatoms. The van der Waals surface area contributed by atoms with Crippen molar-refractivity contribution in [1.29, 1.82) is 0 Å². The molecule has 0 unspecified atom stereocenters. The van der Waals surface area contributed by atoms with Crippen LogP contribution in [0.15, 0.2) is 60.8 Å². The minimum atomic E-state index is 0.00204. The van der Waals surface area contributed by atoms with Crippen molar-refractivity contribution in [1.82, 2.24) is 14.8 Å². The lowest BCUT2D eigenvalue weighted by molar-refractivity contribution is 0.0624. The molecule has 0 aliphatic carbocycles. The number of carbonyl (C=O) groups is 1. The Labute approximate surface area is 158 Å². The number of aliphatic hydroxyl groups excluding tert-OH is 1. The number of aliphatic hydroxyl groups is 1. The molecule has 0 radical (unpaired) electrons. The van der Waals surface area contributed by atoms with E-state index in [0.717, 1.165) is 41.5 Å². The fraction of sp³-hybridized carbons (Fsp3) is 0.273. The largest absolute Gasteiger partial charge is 0.392 e. The summed E-state index contributed by atoms with van der Waals surface area (Å²) in [5, 5.41) is 11.4. The Kier molecular flexibility index (Phi) is 5.14. The molecule has 0 saturated carbocycles. The third kappa shape index (κ3) is 3.70. The molecule has 138 valence electrons. The molecule has 0 atom stereocenters. The Hall–Kier alpha value is -2.76. The number of rotatable bonds is 4. The lowest BCUT2D eigenvalue weighted by Gasteiger charge is -2.35. The number of nitrogens with zero attached hydrogens (tertiary/aromatic N) is 3. The van der Waals surface area contributed by atoms with Gasteiger partial charge in [0.1, 0.15) is 5.69 Å². The van der Waals surface area contributed by atoms with E-state index in [2.05, 4.69) is 16.0 Å². The van der Waals surface area contributed by atoms with Gasteiger partial charge in [-0.05, 0) is 22.6 Å². The first kappa shape index (κ1) is 17.6. The molecule has 1 aliphatic rings. The molecule has 4 rings (SSSR count). The van der Waals surface area contributed by atoms with Crippen LogP contribution in [-0.4, -0.2) is 52.0 Å². The van der Waals surface area contributed by atoms with Crippen LogP contribution < -0.4 is 0 Å². The lowest BCUT2D eigenvalue weighted by Crippen LogP contribution is -2.48. The summed E-state index contributed by atoms with van der Waals surface area (Å²) in [6.07, 6.45) is 1.71. The molecule has 1 fully saturated rings. The average molecular weight is 361 g/mol. The van der Waals surface area contributed by atoms with Crippen LogP contribution in [0.4, 0.5) is 0 Å². The summed E-state index contributed by atoms with van der Waals surface area (Å²) in [6.45, 7) is 3.86. The van der Waals surface area contributed by atoms with Crippen LogP contribution in [0.3, 0.4) is 0 Å². The highest BCUT2D eigenvalue weighted by atomic mass is 16.3. The Bertz CT molecular complexity index is 944. The van der Waals surface area contributed by atoms with E-state index >= 15 is 0 Å². The molecular formula is C22H23N3O2. The highest BCUT2D eigenvalue weighted by molar-refractivity contribution is 6.05. The maximum absolute atomic E-state index is 13.0. The first-order valence-electron chi connectivity index (χ1n) is 9.29. The van der Waals surface area contributed by atoms with Gasteiger partial charge in [-0.3, -0.25) is 14.7 Å². The van der Waals surface area contributed by atoms with E-state index in [4.69, 9.17) is 0 Å². The minimum Gasteiger partial charge on any atom is -0.392 e. The molecule has 0 bridgehead atoms. The first-order valence-corrected chi connectivity index (χ1v) is 9.29. The number of hydrogen-bond acceptors (Lipinski definition) is 4. The SMILES string of the molecule is O=C(c1nccc2ccccc12)N1CCN(Cc2ccccc2CO)CC1. The van der Waals surface area contributed by atoms with Crippen LogP contribution >= 0.6 is 0 Å². The number of aromatic nitrogens is 1. The zero-order valence-electron chi connectivity index (χ0n) is 15.2. The van der Waals surface area contributed by atoms with Crippen molar-refractivity contribution in [2.75, 3.05) is 26.2 Å². The Morgan fingerprint density at radius 3 is 2.41 bits per heavy atom. The van der Waals surface area contributed by atoms with E-state index in [1.165, 1.54) is 0 Å². The van der Waals surface area contributed by atoms with Crippen LogP contribution in [0.2, 0.25) is 0 Å². The van der Waals surface area contributed by atoms with Crippen LogP contribution in [0.5, 0.6) is 0 Å². The van der Waals surface area contributed by atoms with Gasteiger partial charge in [0.2, 0.25) is 0 Å². The summed E-state index contributed by atoms with van der Waals surface area (Å²) in [7, 11) is 0. The normalized spacial score (nSPS) is 15.2. The summed E-state index contributed by atoms with van der Waals surface area (Å²) in [5.41, 5.74) is 2.65. The number of hydrogen-bond donors (Lipinski definition) is 1. The van der Waals surface area contributed by atoms with Crippen molar-refractivity contribution >= 4 is 16.7 Å². The molecule has 1 aliphatic heterocycles. The maximum atomic E-state index is 13.0. The van der Waals surface area contributed by atoms with Gasteiger partial charge in [0.15, 0.2) is 0 Å². The molecule has 0 spiro atoms. The standard InChI is InChI=1S/C22H23N3O2/c26-16-19-7-2-1-6-18(19)15-24-11-13-25(14-12-24)22(27)21-20-8-4-3-5-17(20)9-10-23-21/h1-10,26H,11-16H2. The quantitative estimate of drug-likeness (QED) is 0.776. The molecular weight excluding hydrogens is 338 g/mol. The summed E-state index contributed by atoms with van der Waals surface area (Å²) >= 11 is 0.